The molecule has 0 spiro atoms. The number of aromatic amines is 1. The monoisotopic (exact) mass is 595 g/mol. The maximum atomic E-state index is 13.5. The molecule has 1 fully saturated rings. The van der Waals surface area contributed by atoms with Gasteiger partial charge in [-0.15, -0.1) is 0 Å². The average molecular weight is 596 g/mol. The first-order valence-electron chi connectivity index (χ1n) is 12.6. The summed E-state index contributed by atoms with van der Waals surface area (Å²) in [6.45, 7) is 2.81. The van der Waals surface area contributed by atoms with Crippen molar-refractivity contribution in [3.05, 3.63) is 70.2 Å². The molecule has 0 aromatic carbocycles. The van der Waals surface area contributed by atoms with Crippen molar-refractivity contribution in [2.45, 2.75) is 31.9 Å². The molecule has 1 amide bonds. The highest BCUT2D eigenvalue weighted by Crippen LogP contribution is 2.32. The fourth-order valence-electron chi connectivity index (χ4n) is 4.74. The zero-order valence-electron chi connectivity index (χ0n) is 21.9. The second-order valence-electron chi connectivity index (χ2n) is 9.65. The molecule has 1 aliphatic heterocycles. The molecule has 5 heterocycles. The molecule has 4 aromatic heterocycles. The van der Waals surface area contributed by atoms with E-state index in [1.54, 1.807) is 44.7 Å². The number of H-pyrrole nitrogens is 1. The number of hydrogen-bond acceptors (Lipinski definition) is 8. The number of alkyl halides is 6. The number of carbonyl (C=O) groups excluding carboxylic acids is 1. The summed E-state index contributed by atoms with van der Waals surface area (Å²) in [6.07, 6.45) is -4.04. The van der Waals surface area contributed by atoms with E-state index in [2.05, 4.69) is 25.4 Å². The van der Waals surface area contributed by atoms with Crippen molar-refractivity contribution in [2.24, 2.45) is 0 Å². The molecular formula is C25H23F6N9O2. The van der Waals surface area contributed by atoms with Crippen LogP contribution in [0.3, 0.4) is 0 Å². The molecular weight excluding hydrogens is 572 g/mol. The minimum absolute atomic E-state index is 0.124. The van der Waals surface area contributed by atoms with E-state index in [-0.39, 0.29) is 50.1 Å². The normalized spacial score (nSPS) is 15.2. The van der Waals surface area contributed by atoms with Crippen LogP contribution in [0.15, 0.2) is 47.9 Å². The van der Waals surface area contributed by atoms with Gasteiger partial charge >= 0.3 is 12.4 Å². The fourth-order valence-corrected chi connectivity index (χ4v) is 4.74. The largest absolute Gasteiger partial charge is 0.423 e. The molecule has 1 saturated heterocycles. The molecule has 1 unspecified atom stereocenters. The second kappa shape index (κ2) is 10.9. The average Bonchev–Trinajstić information content (AvgIpc) is 3.30. The zero-order valence-corrected chi connectivity index (χ0v) is 21.9. The first kappa shape index (κ1) is 28.8. The maximum Gasteiger partial charge on any atom is 0.423 e. The van der Waals surface area contributed by atoms with Crippen LogP contribution in [0.5, 0.6) is 0 Å². The van der Waals surface area contributed by atoms with Crippen molar-refractivity contribution in [2.75, 3.05) is 36.4 Å². The molecule has 222 valence electrons. The molecule has 17 heteroatoms. The Morgan fingerprint density at radius 1 is 1.02 bits per heavy atom. The van der Waals surface area contributed by atoms with Crippen LogP contribution in [0.2, 0.25) is 0 Å². The molecule has 2 N–H and O–H groups in total. The molecule has 0 saturated carbocycles. The standard InChI is InChI=1S/C25H23F6N9O2/c1-14(36-17-11-35-37-21(41)19(17)25(29,30)31)12-40-13-16(20-18(40)3-2-4-32-20)22(42)38-5-7-39(8-6-38)23-33-9-15(10-34-23)24(26,27)28/h2-4,9-11,13-14H,5-8,12H2,1H3,(H2,36,37,41). The Labute approximate surface area is 233 Å². The number of anilines is 2. The van der Waals surface area contributed by atoms with Crippen molar-refractivity contribution >= 4 is 28.6 Å². The number of amides is 1. The summed E-state index contributed by atoms with van der Waals surface area (Å²) < 4.78 is 80.5. The Kier molecular flexibility index (Phi) is 7.51. The van der Waals surface area contributed by atoms with Gasteiger partial charge < -0.3 is 19.7 Å². The highest BCUT2D eigenvalue weighted by Gasteiger charge is 2.38. The summed E-state index contributed by atoms with van der Waals surface area (Å²) in [5, 5.41) is 7.94. The molecule has 42 heavy (non-hydrogen) atoms. The van der Waals surface area contributed by atoms with Crippen LogP contribution in [-0.4, -0.2) is 72.7 Å². The van der Waals surface area contributed by atoms with Gasteiger partial charge in [-0.1, -0.05) is 0 Å². The van der Waals surface area contributed by atoms with Gasteiger partial charge in [0.1, 0.15) is 11.1 Å². The molecule has 4 aromatic rings. The number of carbonyl (C=O) groups is 1. The Bertz CT molecular complexity index is 1640. The molecule has 0 radical (unpaired) electrons. The lowest BCUT2D eigenvalue weighted by Gasteiger charge is -2.34. The number of fused-ring (bicyclic) bond motifs is 1. The lowest BCUT2D eigenvalue weighted by molar-refractivity contribution is -0.139. The lowest BCUT2D eigenvalue weighted by atomic mass is 10.2. The maximum absolute atomic E-state index is 13.5. The Hall–Kier alpha value is -4.70. The van der Waals surface area contributed by atoms with Gasteiger partial charge in [0.05, 0.1) is 28.5 Å². The van der Waals surface area contributed by atoms with Crippen LogP contribution in [0.4, 0.5) is 38.0 Å². The van der Waals surface area contributed by atoms with E-state index in [0.29, 0.717) is 23.4 Å². The van der Waals surface area contributed by atoms with E-state index in [9.17, 15) is 35.9 Å². The van der Waals surface area contributed by atoms with Crippen molar-refractivity contribution in [3.8, 4) is 0 Å². The van der Waals surface area contributed by atoms with Crippen molar-refractivity contribution in [1.82, 2.24) is 34.6 Å². The topological polar surface area (TPSA) is 125 Å². The van der Waals surface area contributed by atoms with E-state index >= 15 is 0 Å². The predicted octanol–water partition coefficient (Wildman–Crippen LogP) is 3.41. The summed E-state index contributed by atoms with van der Waals surface area (Å²) in [6, 6.07) is 2.76. The van der Waals surface area contributed by atoms with Crippen molar-refractivity contribution < 1.29 is 31.1 Å². The first-order chi connectivity index (χ1) is 19.8. The Morgan fingerprint density at radius 2 is 1.71 bits per heavy atom. The number of halogens is 6. The third-order valence-corrected chi connectivity index (χ3v) is 6.69. The smallest absolute Gasteiger partial charge is 0.379 e. The van der Waals surface area contributed by atoms with Crippen molar-refractivity contribution in [1.29, 1.82) is 0 Å². The number of nitrogens with zero attached hydrogens (tertiary/aromatic N) is 7. The van der Waals surface area contributed by atoms with E-state index < -0.39 is 40.8 Å². The number of pyridine rings is 1. The number of nitrogens with one attached hydrogen (secondary N) is 2. The summed E-state index contributed by atoms with van der Waals surface area (Å²) in [4.78, 5) is 40.5. The van der Waals surface area contributed by atoms with E-state index in [4.69, 9.17) is 0 Å². The lowest BCUT2D eigenvalue weighted by Crippen LogP contribution is -2.49. The van der Waals surface area contributed by atoms with Gasteiger partial charge in [-0.25, -0.2) is 15.1 Å². The number of hydrogen-bond donors (Lipinski definition) is 2. The quantitative estimate of drug-likeness (QED) is 0.325. The van der Waals surface area contributed by atoms with E-state index in [0.717, 1.165) is 6.20 Å². The molecule has 0 aliphatic carbocycles. The Morgan fingerprint density at radius 3 is 2.36 bits per heavy atom. The number of rotatable bonds is 6. The minimum Gasteiger partial charge on any atom is -0.379 e. The zero-order chi connectivity index (χ0) is 30.2. The van der Waals surface area contributed by atoms with Crippen LogP contribution >= 0.6 is 0 Å². The van der Waals surface area contributed by atoms with Gasteiger partial charge in [-0.2, -0.15) is 31.4 Å². The summed E-state index contributed by atoms with van der Waals surface area (Å²) in [5.74, 6) is -0.205. The van der Waals surface area contributed by atoms with Gasteiger partial charge in [0.15, 0.2) is 0 Å². The second-order valence-corrected chi connectivity index (χ2v) is 9.65. The van der Waals surface area contributed by atoms with Crippen LogP contribution < -0.4 is 15.8 Å². The molecule has 1 aliphatic rings. The molecule has 1 atom stereocenters. The van der Waals surface area contributed by atoms with E-state index in [1.165, 1.54) is 6.20 Å². The number of piperazine rings is 1. The van der Waals surface area contributed by atoms with Crippen LogP contribution in [-0.2, 0) is 18.9 Å². The van der Waals surface area contributed by atoms with Gasteiger partial charge in [0.25, 0.3) is 11.5 Å². The van der Waals surface area contributed by atoms with Crippen LogP contribution in [0.25, 0.3) is 11.0 Å². The minimum atomic E-state index is -4.90. The van der Waals surface area contributed by atoms with Crippen LogP contribution in [0.1, 0.15) is 28.4 Å². The van der Waals surface area contributed by atoms with Gasteiger partial charge in [0, 0.05) is 63.6 Å². The SMILES string of the molecule is CC(Cn1cc(C(=O)N2CCN(c3ncc(C(F)(F)F)cn3)CC2)c2ncccc21)Nc1cn[nH]c(=O)c1C(F)(F)F. The molecule has 5 rings (SSSR count). The third-order valence-electron chi connectivity index (χ3n) is 6.69. The summed E-state index contributed by atoms with van der Waals surface area (Å²) >= 11 is 0. The van der Waals surface area contributed by atoms with Gasteiger partial charge in [0.2, 0.25) is 5.95 Å². The molecule has 11 nitrogen and oxygen atoms in total. The van der Waals surface area contributed by atoms with Crippen LogP contribution in [0, 0.1) is 0 Å². The van der Waals surface area contributed by atoms with Gasteiger partial charge in [-0.05, 0) is 19.1 Å². The third kappa shape index (κ3) is 5.84. The van der Waals surface area contributed by atoms with Gasteiger partial charge in [-0.3, -0.25) is 14.6 Å². The summed E-state index contributed by atoms with van der Waals surface area (Å²) in [5.41, 5.74) is -2.93. The number of aromatic nitrogens is 6. The highest BCUT2D eigenvalue weighted by molar-refractivity contribution is 6.05. The van der Waals surface area contributed by atoms with Crippen molar-refractivity contribution in [3.63, 3.8) is 0 Å². The summed E-state index contributed by atoms with van der Waals surface area (Å²) in [7, 11) is 0. The van der Waals surface area contributed by atoms with E-state index in [1.807, 2.05) is 0 Å². The highest BCUT2D eigenvalue weighted by atomic mass is 19.4. The predicted molar refractivity (Wildman–Crippen MR) is 138 cm³/mol. The first-order valence-corrected chi connectivity index (χ1v) is 12.6. The fraction of sp³-hybridized carbons (Fsp3) is 0.360. The molecule has 0 bridgehead atoms. The Balaban J connectivity index is 1.30.